The number of pyridine rings is 1. The Kier molecular flexibility index (Phi) is 4.10. The second kappa shape index (κ2) is 6.08. The lowest BCUT2D eigenvalue weighted by atomic mass is 10.0. The van der Waals surface area contributed by atoms with Gasteiger partial charge in [0.2, 0.25) is 0 Å². The molecule has 1 aromatic heterocycles. The highest BCUT2D eigenvalue weighted by Gasteiger charge is 2.14. The molecule has 0 N–H and O–H groups in total. The molecular formula is C21H21NO2. The number of carbonyl (C=O) groups excluding carboxylic acids is 1. The van der Waals surface area contributed by atoms with Crippen LogP contribution < -0.4 is 4.74 Å². The summed E-state index contributed by atoms with van der Waals surface area (Å²) in [6.45, 7) is 9.72. The molecule has 3 rings (SSSR count). The van der Waals surface area contributed by atoms with E-state index in [2.05, 4.69) is 31.0 Å². The van der Waals surface area contributed by atoms with Gasteiger partial charge in [0, 0.05) is 11.6 Å². The number of aromatic nitrogens is 1. The van der Waals surface area contributed by atoms with Gasteiger partial charge in [-0.15, -0.1) is 0 Å². The van der Waals surface area contributed by atoms with Crippen molar-refractivity contribution in [2.24, 2.45) is 0 Å². The Labute approximate surface area is 142 Å². The summed E-state index contributed by atoms with van der Waals surface area (Å²) in [5.41, 5.74) is 6.06. The number of aryl methyl sites for hydroxylation is 4. The molecule has 0 atom stereocenters. The molecule has 0 unspecified atom stereocenters. The molecular weight excluding hydrogens is 298 g/mol. The van der Waals surface area contributed by atoms with Crippen LogP contribution >= 0.6 is 0 Å². The molecule has 2 aromatic carbocycles. The number of carbonyl (C=O) groups is 1. The molecule has 24 heavy (non-hydrogen) atoms. The monoisotopic (exact) mass is 319 g/mol. The van der Waals surface area contributed by atoms with Gasteiger partial charge in [-0.3, -0.25) is 9.78 Å². The average Bonchev–Trinajstić information content (AvgIpc) is 2.52. The van der Waals surface area contributed by atoms with Crippen LogP contribution in [0, 0.1) is 27.7 Å². The Morgan fingerprint density at radius 1 is 0.875 bits per heavy atom. The van der Waals surface area contributed by atoms with Crippen LogP contribution in [0.3, 0.4) is 0 Å². The molecule has 0 spiro atoms. The number of ether oxygens (including phenoxy) is 1. The van der Waals surface area contributed by atoms with Crippen molar-refractivity contribution in [1.29, 1.82) is 0 Å². The zero-order valence-corrected chi connectivity index (χ0v) is 14.7. The van der Waals surface area contributed by atoms with Crippen LogP contribution in [0.25, 0.3) is 10.9 Å². The Balaban J connectivity index is 2.16. The topological polar surface area (TPSA) is 39.2 Å². The van der Waals surface area contributed by atoms with Gasteiger partial charge in [-0.1, -0.05) is 0 Å². The molecule has 0 radical (unpaired) electrons. The molecule has 3 aromatic rings. The summed E-state index contributed by atoms with van der Waals surface area (Å²) in [5, 5.41) is 0.952. The minimum atomic E-state index is -0.00140. The molecule has 0 saturated carbocycles. The van der Waals surface area contributed by atoms with E-state index in [-0.39, 0.29) is 5.78 Å². The summed E-state index contributed by atoms with van der Waals surface area (Å²) in [5.74, 6) is 1.31. The van der Waals surface area contributed by atoms with Crippen LogP contribution in [-0.4, -0.2) is 10.8 Å². The third-order valence-electron chi connectivity index (χ3n) is 4.51. The molecule has 3 nitrogen and oxygen atoms in total. The Bertz CT molecular complexity index is 958. The normalized spacial score (nSPS) is 10.9. The summed E-state index contributed by atoms with van der Waals surface area (Å²) in [6, 6.07) is 9.81. The fraction of sp³-hybridized carbons (Fsp3) is 0.238. The Morgan fingerprint density at radius 2 is 1.50 bits per heavy atom. The molecule has 0 saturated heterocycles. The molecule has 122 valence electrons. The molecule has 0 aliphatic carbocycles. The van der Waals surface area contributed by atoms with Crippen LogP contribution in [-0.2, 0) is 0 Å². The first kappa shape index (κ1) is 16.2. The minimum absolute atomic E-state index is 0.00140. The lowest BCUT2D eigenvalue weighted by Gasteiger charge is -2.14. The van der Waals surface area contributed by atoms with Gasteiger partial charge < -0.3 is 4.74 Å². The number of benzene rings is 2. The average molecular weight is 319 g/mol. The van der Waals surface area contributed by atoms with E-state index in [1.165, 1.54) is 11.1 Å². The van der Waals surface area contributed by atoms with Crippen molar-refractivity contribution in [3.8, 4) is 11.5 Å². The van der Waals surface area contributed by atoms with Crippen molar-refractivity contribution in [3.63, 3.8) is 0 Å². The number of hydrogen-bond acceptors (Lipinski definition) is 3. The van der Waals surface area contributed by atoms with Gasteiger partial charge >= 0.3 is 0 Å². The van der Waals surface area contributed by atoms with Gasteiger partial charge in [-0.05, 0) is 87.2 Å². The quantitative estimate of drug-likeness (QED) is 0.601. The van der Waals surface area contributed by atoms with Gasteiger partial charge in [-0.2, -0.15) is 0 Å². The van der Waals surface area contributed by atoms with E-state index < -0.39 is 0 Å². The second-order valence-corrected chi connectivity index (χ2v) is 6.35. The number of nitrogens with zero attached hydrogens (tertiary/aromatic N) is 1. The van der Waals surface area contributed by atoms with Gasteiger partial charge in [-0.25, -0.2) is 0 Å². The van der Waals surface area contributed by atoms with Crippen LogP contribution in [0.1, 0.15) is 39.5 Å². The van der Waals surface area contributed by atoms with Crippen LogP contribution in [0.4, 0.5) is 0 Å². The number of rotatable bonds is 3. The maximum absolute atomic E-state index is 12.0. The highest BCUT2D eigenvalue weighted by molar-refractivity contribution is 5.97. The second-order valence-electron chi connectivity index (χ2n) is 6.35. The third-order valence-corrected chi connectivity index (χ3v) is 4.51. The highest BCUT2D eigenvalue weighted by atomic mass is 16.5. The fourth-order valence-electron chi connectivity index (χ4n) is 2.74. The first-order chi connectivity index (χ1) is 11.4. The van der Waals surface area contributed by atoms with E-state index in [0.717, 1.165) is 22.0 Å². The molecule has 1 heterocycles. The SMILES string of the molecule is CC(=O)c1cc(C)c(C)cc1Oc1ccnc2cc(C)c(C)cc12. The smallest absolute Gasteiger partial charge is 0.163 e. The molecule has 0 fully saturated rings. The number of ketones is 1. The standard InChI is InChI=1S/C21H21NO2/c1-12-8-17(16(5)23)21(11-15(12)4)24-20-6-7-22-19-10-14(3)13(2)9-18(19)20/h6-11H,1-5H3. The van der Waals surface area contributed by atoms with Gasteiger partial charge in [0.05, 0.1) is 11.1 Å². The Hall–Kier alpha value is -2.68. The van der Waals surface area contributed by atoms with Crippen molar-refractivity contribution in [2.45, 2.75) is 34.6 Å². The molecule has 3 heteroatoms. The summed E-state index contributed by atoms with van der Waals surface area (Å²) in [6.07, 6.45) is 1.74. The number of hydrogen-bond donors (Lipinski definition) is 0. The van der Waals surface area contributed by atoms with Gasteiger partial charge in [0.1, 0.15) is 11.5 Å². The van der Waals surface area contributed by atoms with Crippen molar-refractivity contribution >= 4 is 16.7 Å². The van der Waals surface area contributed by atoms with Crippen LogP contribution in [0.15, 0.2) is 36.5 Å². The maximum Gasteiger partial charge on any atom is 0.163 e. The predicted molar refractivity (Wildman–Crippen MR) is 97.2 cm³/mol. The van der Waals surface area contributed by atoms with Crippen molar-refractivity contribution in [3.05, 3.63) is 64.3 Å². The van der Waals surface area contributed by atoms with Crippen molar-refractivity contribution in [1.82, 2.24) is 4.98 Å². The Morgan fingerprint density at radius 3 is 2.21 bits per heavy atom. The highest BCUT2D eigenvalue weighted by Crippen LogP contribution is 2.33. The predicted octanol–water partition coefficient (Wildman–Crippen LogP) is 5.46. The van der Waals surface area contributed by atoms with E-state index in [4.69, 9.17) is 4.74 Å². The van der Waals surface area contributed by atoms with Gasteiger partial charge in [0.25, 0.3) is 0 Å². The van der Waals surface area contributed by atoms with E-state index in [1.54, 1.807) is 13.1 Å². The summed E-state index contributed by atoms with van der Waals surface area (Å²) in [7, 11) is 0. The third kappa shape index (κ3) is 2.90. The summed E-state index contributed by atoms with van der Waals surface area (Å²) >= 11 is 0. The zero-order chi connectivity index (χ0) is 17.4. The largest absolute Gasteiger partial charge is 0.456 e. The zero-order valence-electron chi connectivity index (χ0n) is 14.7. The van der Waals surface area contributed by atoms with Gasteiger partial charge in [0.15, 0.2) is 5.78 Å². The molecule has 0 amide bonds. The first-order valence-corrected chi connectivity index (χ1v) is 8.03. The summed E-state index contributed by atoms with van der Waals surface area (Å²) < 4.78 is 6.15. The van der Waals surface area contributed by atoms with Crippen molar-refractivity contribution in [2.75, 3.05) is 0 Å². The molecule has 0 aliphatic rings. The minimum Gasteiger partial charge on any atom is -0.456 e. The molecule has 0 aliphatic heterocycles. The van der Waals surface area contributed by atoms with Crippen LogP contribution in [0.2, 0.25) is 0 Å². The number of fused-ring (bicyclic) bond motifs is 1. The summed E-state index contributed by atoms with van der Waals surface area (Å²) in [4.78, 5) is 16.4. The van der Waals surface area contributed by atoms with E-state index >= 15 is 0 Å². The lowest BCUT2D eigenvalue weighted by molar-refractivity contribution is 0.101. The van der Waals surface area contributed by atoms with E-state index in [9.17, 15) is 4.79 Å². The van der Waals surface area contributed by atoms with Crippen molar-refractivity contribution < 1.29 is 9.53 Å². The number of Topliss-reactive ketones (excluding diaryl/α,β-unsaturated/α-hetero) is 1. The maximum atomic E-state index is 12.0. The van der Waals surface area contributed by atoms with Crippen LogP contribution in [0.5, 0.6) is 11.5 Å². The molecule has 0 bridgehead atoms. The van der Waals surface area contributed by atoms with E-state index in [0.29, 0.717) is 17.1 Å². The van der Waals surface area contributed by atoms with E-state index in [1.807, 2.05) is 32.0 Å². The fourth-order valence-corrected chi connectivity index (χ4v) is 2.74. The lowest BCUT2D eigenvalue weighted by Crippen LogP contribution is -2.00. The first-order valence-electron chi connectivity index (χ1n) is 8.03.